The van der Waals surface area contributed by atoms with E-state index in [-0.39, 0.29) is 5.69 Å². The van der Waals surface area contributed by atoms with Gasteiger partial charge in [0.2, 0.25) is 0 Å². The zero-order chi connectivity index (χ0) is 9.42. The van der Waals surface area contributed by atoms with Gasteiger partial charge in [0.15, 0.2) is 5.69 Å². The van der Waals surface area contributed by atoms with Crippen LogP contribution in [0.3, 0.4) is 0 Å². The quantitative estimate of drug-likeness (QED) is 0.695. The monoisotopic (exact) mass is 191 g/mol. The van der Waals surface area contributed by atoms with Gasteiger partial charge in [0.25, 0.3) is 0 Å². The van der Waals surface area contributed by atoms with Gasteiger partial charge in [-0.1, -0.05) is 11.6 Å². The van der Waals surface area contributed by atoms with Crippen LogP contribution in [0.4, 0.5) is 0 Å². The summed E-state index contributed by atoms with van der Waals surface area (Å²) in [5.74, 6) is 0. The molecule has 0 spiro atoms. The van der Waals surface area contributed by atoms with Gasteiger partial charge < -0.3 is 4.98 Å². The minimum Gasteiger partial charge on any atom is -0.344 e. The molecule has 0 atom stereocenters. The van der Waals surface area contributed by atoms with E-state index in [2.05, 4.69) is 9.97 Å². The van der Waals surface area contributed by atoms with Gasteiger partial charge in [-0.05, 0) is 19.1 Å². The van der Waals surface area contributed by atoms with Crippen molar-refractivity contribution in [1.29, 1.82) is 5.26 Å². The highest BCUT2D eigenvalue weighted by Gasteiger charge is 2.05. The molecular formula is C9H6ClN3. The van der Waals surface area contributed by atoms with Crippen molar-refractivity contribution in [2.75, 3.05) is 0 Å². The predicted molar refractivity (Wildman–Crippen MR) is 50.6 cm³/mol. The molecule has 2 aromatic rings. The Morgan fingerprint density at radius 1 is 1.54 bits per heavy atom. The lowest BCUT2D eigenvalue weighted by Gasteiger charge is -1.93. The summed E-state index contributed by atoms with van der Waals surface area (Å²) in [6, 6.07) is 5.62. The van der Waals surface area contributed by atoms with Crippen molar-refractivity contribution in [2.45, 2.75) is 6.92 Å². The maximum Gasteiger partial charge on any atom is 0.161 e. The summed E-state index contributed by atoms with van der Waals surface area (Å²) in [7, 11) is 0. The van der Waals surface area contributed by atoms with Crippen LogP contribution in [0.5, 0.6) is 0 Å². The van der Waals surface area contributed by atoms with E-state index in [9.17, 15) is 0 Å². The molecule has 13 heavy (non-hydrogen) atoms. The lowest BCUT2D eigenvalue weighted by molar-refractivity contribution is 1.23. The molecule has 0 fully saturated rings. The van der Waals surface area contributed by atoms with E-state index in [1.807, 2.05) is 19.1 Å². The van der Waals surface area contributed by atoms with E-state index in [1.54, 1.807) is 6.07 Å². The number of aromatic amines is 1. The molecule has 0 aromatic carbocycles. The topological polar surface area (TPSA) is 52.5 Å². The average Bonchev–Trinajstić information content (AvgIpc) is 2.42. The number of nitriles is 1. The normalized spacial score (nSPS) is 10.2. The number of halogens is 1. The van der Waals surface area contributed by atoms with Gasteiger partial charge in [-0.15, -0.1) is 0 Å². The third-order valence-corrected chi connectivity index (χ3v) is 2.09. The fraction of sp³-hybridized carbons (Fsp3) is 0.111. The molecule has 2 rings (SSSR count). The molecule has 0 bridgehead atoms. The maximum absolute atomic E-state index is 8.67. The molecule has 64 valence electrons. The third-order valence-electron chi connectivity index (χ3n) is 1.80. The van der Waals surface area contributed by atoms with Gasteiger partial charge in [-0.3, -0.25) is 0 Å². The van der Waals surface area contributed by atoms with Crippen LogP contribution in [-0.2, 0) is 0 Å². The Kier molecular flexibility index (Phi) is 1.71. The molecule has 2 aromatic heterocycles. The first-order valence-corrected chi connectivity index (χ1v) is 4.14. The van der Waals surface area contributed by atoms with Crippen LogP contribution in [0.15, 0.2) is 12.1 Å². The molecule has 0 saturated carbocycles. The van der Waals surface area contributed by atoms with Crippen molar-refractivity contribution >= 4 is 22.6 Å². The number of nitrogens with one attached hydrogen (secondary N) is 1. The molecule has 3 nitrogen and oxygen atoms in total. The van der Waals surface area contributed by atoms with E-state index in [0.717, 1.165) is 11.1 Å². The fourth-order valence-electron chi connectivity index (χ4n) is 1.25. The number of H-pyrrole nitrogens is 1. The highest BCUT2D eigenvalue weighted by atomic mass is 35.5. The number of hydrogen-bond donors (Lipinski definition) is 1. The Hall–Kier alpha value is -1.53. The van der Waals surface area contributed by atoms with E-state index in [1.165, 1.54) is 0 Å². The molecule has 1 N–H and O–H groups in total. The van der Waals surface area contributed by atoms with Crippen LogP contribution in [0, 0.1) is 18.3 Å². The number of hydrogen-bond acceptors (Lipinski definition) is 2. The number of pyridine rings is 1. The Morgan fingerprint density at radius 3 is 3.00 bits per heavy atom. The Bertz CT molecular complexity index is 507. The van der Waals surface area contributed by atoms with Crippen LogP contribution in [-0.4, -0.2) is 9.97 Å². The van der Waals surface area contributed by atoms with Gasteiger partial charge in [0.1, 0.15) is 11.7 Å². The molecule has 0 unspecified atom stereocenters. The van der Waals surface area contributed by atoms with Crippen molar-refractivity contribution in [3.05, 3.63) is 28.5 Å². The summed E-state index contributed by atoms with van der Waals surface area (Å²) in [6.45, 7) is 1.93. The minimum atomic E-state index is 0.260. The molecule has 0 amide bonds. The summed E-state index contributed by atoms with van der Waals surface area (Å²) < 4.78 is 0. The van der Waals surface area contributed by atoms with Crippen molar-refractivity contribution in [3.63, 3.8) is 0 Å². The maximum atomic E-state index is 8.67. The Balaban J connectivity index is 2.82. The first-order valence-electron chi connectivity index (χ1n) is 3.76. The van der Waals surface area contributed by atoms with Crippen LogP contribution >= 0.6 is 11.6 Å². The van der Waals surface area contributed by atoms with Crippen LogP contribution in [0.2, 0.25) is 5.02 Å². The number of nitrogens with zero attached hydrogens (tertiary/aromatic N) is 2. The van der Waals surface area contributed by atoms with Crippen molar-refractivity contribution in [1.82, 2.24) is 9.97 Å². The SMILES string of the molecule is Cc1cc2cc(Cl)c(C#N)nc2[nH]1. The lowest BCUT2D eigenvalue weighted by atomic mass is 10.3. The van der Waals surface area contributed by atoms with Crippen molar-refractivity contribution in [3.8, 4) is 6.07 Å². The van der Waals surface area contributed by atoms with Crippen LogP contribution in [0.1, 0.15) is 11.4 Å². The molecule has 0 radical (unpaired) electrons. The Labute approximate surface area is 80.0 Å². The molecule has 0 aliphatic carbocycles. The highest BCUT2D eigenvalue weighted by Crippen LogP contribution is 2.20. The van der Waals surface area contributed by atoms with E-state index in [0.29, 0.717) is 10.7 Å². The van der Waals surface area contributed by atoms with Crippen molar-refractivity contribution in [2.24, 2.45) is 0 Å². The summed E-state index contributed by atoms with van der Waals surface area (Å²) in [5, 5.41) is 10.0. The molecule has 4 heteroatoms. The zero-order valence-electron chi connectivity index (χ0n) is 6.93. The molecular weight excluding hydrogens is 186 g/mol. The van der Waals surface area contributed by atoms with Gasteiger partial charge in [0.05, 0.1) is 5.02 Å². The lowest BCUT2D eigenvalue weighted by Crippen LogP contribution is -1.84. The second-order valence-corrected chi connectivity index (χ2v) is 3.23. The van der Waals surface area contributed by atoms with Crippen LogP contribution < -0.4 is 0 Å². The summed E-state index contributed by atoms with van der Waals surface area (Å²) in [6.07, 6.45) is 0. The van der Waals surface area contributed by atoms with Gasteiger partial charge >= 0.3 is 0 Å². The van der Waals surface area contributed by atoms with E-state index >= 15 is 0 Å². The van der Waals surface area contributed by atoms with Crippen molar-refractivity contribution < 1.29 is 0 Å². The predicted octanol–water partition coefficient (Wildman–Crippen LogP) is 2.40. The molecule has 0 aliphatic heterocycles. The Morgan fingerprint density at radius 2 is 2.31 bits per heavy atom. The smallest absolute Gasteiger partial charge is 0.161 e. The molecule has 2 heterocycles. The number of aryl methyl sites for hydroxylation is 1. The van der Waals surface area contributed by atoms with Gasteiger partial charge in [-0.2, -0.15) is 5.26 Å². The third kappa shape index (κ3) is 1.25. The number of aromatic nitrogens is 2. The highest BCUT2D eigenvalue weighted by molar-refractivity contribution is 6.32. The first-order chi connectivity index (χ1) is 6.20. The summed E-state index contributed by atoms with van der Waals surface area (Å²) in [4.78, 5) is 7.10. The fourth-order valence-corrected chi connectivity index (χ4v) is 1.45. The summed E-state index contributed by atoms with van der Waals surface area (Å²) >= 11 is 5.81. The zero-order valence-corrected chi connectivity index (χ0v) is 7.68. The van der Waals surface area contributed by atoms with Gasteiger partial charge in [0, 0.05) is 11.1 Å². The summed E-state index contributed by atoms with van der Waals surface area (Å²) in [5.41, 5.74) is 1.98. The van der Waals surface area contributed by atoms with E-state index < -0.39 is 0 Å². The van der Waals surface area contributed by atoms with Crippen LogP contribution in [0.25, 0.3) is 11.0 Å². The van der Waals surface area contributed by atoms with Gasteiger partial charge in [-0.25, -0.2) is 4.98 Å². The average molecular weight is 192 g/mol. The number of rotatable bonds is 0. The second-order valence-electron chi connectivity index (χ2n) is 2.82. The second kappa shape index (κ2) is 2.75. The molecule has 0 aliphatic rings. The first kappa shape index (κ1) is 8.09. The van der Waals surface area contributed by atoms with E-state index in [4.69, 9.17) is 16.9 Å². The molecule has 0 saturated heterocycles. The standard InChI is InChI=1S/C9H6ClN3/c1-5-2-6-3-7(10)8(4-11)13-9(6)12-5/h2-3H,1H3,(H,12,13). The largest absolute Gasteiger partial charge is 0.344 e. The number of fused-ring (bicyclic) bond motifs is 1. The minimum absolute atomic E-state index is 0.260.